The quantitative estimate of drug-likeness (QED) is 0.243. The molecule has 0 unspecified atom stereocenters. The fourth-order valence-electron chi connectivity index (χ4n) is 2.91. The molecule has 0 saturated heterocycles. The molecule has 0 saturated carbocycles. The molecule has 0 radical (unpaired) electrons. The molecule has 2 nitrogen and oxygen atoms in total. The van der Waals surface area contributed by atoms with E-state index in [1.165, 1.54) is 11.1 Å². The largest absolute Gasteiger partial charge is 0.423 e. The van der Waals surface area contributed by atoms with Crippen LogP contribution in [0.5, 0.6) is 5.75 Å². The van der Waals surface area contributed by atoms with E-state index < -0.39 is 0 Å². The van der Waals surface area contributed by atoms with Crippen LogP contribution in [0.25, 0.3) is 11.1 Å². The number of rotatable bonds is 6. The van der Waals surface area contributed by atoms with Crippen molar-refractivity contribution in [1.29, 1.82) is 0 Å². The average molecular weight is 511 g/mol. The molecule has 5 heteroatoms. The zero-order valence-corrected chi connectivity index (χ0v) is 19.5. The minimum atomic E-state index is -0.332. The highest BCUT2D eigenvalue weighted by atomic mass is 19.1. The smallest absolute Gasteiger partial charge is 0.343 e. The highest BCUT2D eigenvalue weighted by molar-refractivity contribution is 5.91. The number of esters is 1. The SMILES string of the molecule is C.C.C.C.CCCc1ccc(OC(=O)c2ccc(-c3ccc(CC)cc3)cc2)cc1.CF.CF.CF. The van der Waals surface area contributed by atoms with Crippen molar-refractivity contribution < 1.29 is 22.7 Å². The number of carbonyl (C=O) groups is 1. The lowest BCUT2D eigenvalue weighted by molar-refractivity contribution is 0.0734. The van der Waals surface area contributed by atoms with E-state index in [1.807, 2.05) is 48.5 Å². The predicted molar refractivity (Wildman–Crippen MR) is 155 cm³/mol. The summed E-state index contributed by atoms with van der Waals surface area (Å²) < 4.78 is 34.0. The first-order chi connectivity index (χ1) is 15.7. The summed E-state index contributed by atoms with van der Waals surface area (Å²) >= 11 is 0. The van der Waals surface area contributed by atoms with Crippen LogP contribution in [0.3, 0.4) is 0 Å². The lowest BCUT2D eigenvalue weighted by Crippen LogP contribution is -2.08. The molecule has 206 valence electrons. The minimum absolute atomic E-state index is 0. The van der Waals surface area contributed by atoms with E-state index >= 15 is 0 Å². The van der Waals surface area contributed by atoms with Crippen molar-refractivity contribution >= 4 is 5.97 Å². The molecule has 0 aromatic heterocycles. The van der Waals surface area contributed by atoms with Crippen molar-refractivity contribution in [1.82, 2.24) is 0 Å². The predicted octanol–water partition coefficient (Wildman–Crippen LogP) is 10.4. The maximum absolute atomic E-state index is 12.3. The normalized spacial score (nSPS) is 8.11. The third-order valence-electron chi connectivity index (χ3n) is 4.49. The highest BCUT2D eigenvalue weighted by Crippen LogP contribution is 2.21. The van der Waals surface area contributed by atoms with Gasteiger partial charge in [0.05, 0.1) is 27.1 Å². The molecule has 3 aromatic rings. The van der Waals surface area contributed by atoms with Crippen LogP contribution in [-0.2, 0) is 12.8 Å². The maximum Gasteiger partial charge on any atom is 0.343 e. The van der Waals surface area contributed by atoms with Gasteiger partial charge in [0, 0.05) is 0 Å². The van der Waals surface area contributed by atoms with Crippen LogP contribution in [0, 0.1) is 0 Å². The summed E-state index contributed by atoms with van der Waals surface area (Å²) in [6, 6.07) is 23.8. The Kier molecular flexibility index (Phi) is 31.7. The third kappa shape index (κ3) is 14.3. The van der Waals surface area contributed by atoms with Crippen LogP contribution in [0.15, 0.2) is 72.8 Å². The lowest BCUT2D eigenvalue weighted by atomic mass is 10.0. The van der Waals surface area contributed by atoms with Gasteiger partial charge in [0.15, 0.2) is 0 Å². The first-order valence-electron chi connectivity index (χ1n) is 10.3. The topological polar surface area (TPSA) is 26.3 Å². The minimum Gasteiger partial charge on any atom is -0.423 e. The van der Waals surface area contributed by atoms with Crippen molar-refractivity contribution in [3.05, 3.63) is 89.5 Å². The first kappa shape index (κ1) is 43.0. The Hall–Kier alpha value is -3.08. The number of aryl methyl sites for hydroxylation is 2. The monoisotopic (exact) mass is 510 g/mol. The molecule has 0 bridgehead atoms. The molecule has 0 aliphatic carbocycles. The standard InChI is InChI=1S/C24H24O2.3CH3F.4CH4/c1-3-5-19-8-16-23(17-9-19)26-24(25)22-14-12-21(13-15-22)20-10-6-18(4-2)7-11-20;3*1-2;;;;/h6-17H,3-5H2,1-2H3;3*1H3;4*1H4. The average Bonchev–Trinajstić information content (AvgIpc) is 2.89. The van der Waals surface area contributed by atoms with Crippen LogP contribution in [0.4, 0.5) is 13.2 Å². The summed E-state index contributed by atoms with van der Waals surface area (Å²) in [4.78, 5) is 12.3. The van der Waals surface area contributed by atoms with Crippen LogP contribution in [-0.4, -0.2) is 27.5 Å². The number of hydrogen-bond donors (Lipinski definition) is 0. The second kappa shape index (κ2) is 26.5. The van der Waals surface area contributed by atoms with Gasteiger partial charge in [0.25, 0.3) is 0 Å². The van der Waals surface area contributed by atoms with E-state index in [4.69, 9.17) is 4.74 Å². The van der Waals surface area contributed by atoms with E-state index in [0.717, 1.165) is 30.4 Å². The molecule has 0 N–H and O–H groups in total. The molecule has 0 spiro atoms. The fraction of sp³-hybridized carbons (Fsp3) is 0.387. The van der Waals surface area contributed by atoms with Gasteiger partial charge < -0.3 is 4.74 Å². The van der Waals surface area contributed by atoms with Gasteiger partial charge in [0.2, 0.25) is 0 Å². The molecule has 0 heterocycles. The van der Waals surface area contributed by atoms with Gasteiger partial charge in [-0.25, -0.2) is 4.79 Å². The molecule has 36 heavy (non-hydrogen) atoms. The van der Waals surface area contributed by atoms with E-state index in [9.17, 15) is 18.0 Å². The number of halogens is 3. The molecule has 0 atom stereocenters. The van der Waals surface area contributed by atoms with Gasteiger partial charge in [-0.1, -0.05) is 98.5 Å². The van der Waals surface area contributed by atoms with Gasteiger partial charge in [-0.05, 0) is 59.4 Å². The highest BCUT2D eigenvalue weighted by Gasteiger charge is 2.09. The first-order valence-corrected chi connectivity index (χ1v) is 10.3. The van der Waals surface area contributed by atoms with E-state index in [1.54, 1.807) is 0 Å². The van der Waals surface area contributed by atoms with Crippen LogP contribution >= 0.6 is 0 Å². The Morgan fingerprint density at radius 2 is 1.00 bits per heavy atom. The van der Waals surface area contributed by atoms with Crippen molar-refractivity contribution in [2.24, 2.45) is 0 Å². The molecule has 0 aliphatic rings. The molecule has 0 aliphatic heterocycles. The second-order valence-corrected chi connectivity index (χ2v) is 6.41. The zero-order chi connectivity index (χ0) is 24.4. The Bertz CT molecular complexity index is 860. The molecular weight excluding hydrogens is 461 g/mol. The van der Waals surface area contributed by atoms with E-state index in [0.29, 0.717) is 32.8 Å². The molecule has 0 fully saturated rings. The third-order valence-corrected chi connectivity index (χ3v) is 4.49. The maximum atomic E-state index is 12.3. The van der Waals surface area contributed by atoms with Gasteiger partial charge in [0.1, 0.15) is 5.75 Å². The van der Waals surface area contributed by atoms with Crippen LogP contribution in [0.2, 0.25) is 0 Å². The Morgan fingerprint density at radius 1 is 0.611 bits per heavy atom. The van der Waals surface area contributed by atoms with E-state index in [-0.39, 0.29) is 35.7 Å². The second-order valence-electron chi connectivity index (χ2n) is 6.41. The lowest BCUT2D eigenvalue weighted by Gasteiger charge is -2.07. The Labute approximate surface area is 219 Å². The zero-order valence-electron chi connectivity index (χ0n) is 19.5. The Morgan fingerprint density at radius 3 is 1.39 bits per heavy atom. The molecule has 3 aromatic carbocycles. The molecule has 0 amide bonds. The Balaban J connectivity index is -0.000000298. The number of carbonyl (C=O) groups excluding carboxylic acids is 1. The summed E-state index contributed by atoms with van der Waals surface area (Å²) in [5.74, 6) is 0.246. The van der Waals surface area contributed by atoms with Gasteiger partial charge >= 0.3 is 5.97 Å². The van der Waals surface area contributed by atoms with Gasteiger partial charge in [-0.2, -0.15) is 0 Å². The summed E-state index contributed by atoms with van der Waals surface area (Å²) in [6.07, 6.45) is 3.17. The van der Waals surface area contributed by atoms with Crippen LogP contribution in [0.1, 0.15) is 71.5 Å². The summed E-state index contributed by atoms with van der Waals surface area (Å²) in [5.41, 5.74) is 5.36. The summed E-state index contributed by atoms with van der Waals surface area (Å²) in [6.45, 7) is 4.29. The van der Waals surface area contributed by atoms with E-state index in [2.05, 4.69) is 38.1 Å². The van der Waals surface area contributed by atoms with Crippen molar-refractivity contribution in [3.63, 3.8) is 0 Å². The van der Waals surface area contributed by atoms with Crippen LogP contribution < -0.4 is 4.74 Å². The van der Waals surface area contributed by atoms with Crippen molar-refractivity contribution in [2.75, 3.05) is 21.5 Å². The number of benzene rings is 3. The summed E-state index contributed by atoms with van der Waals surface area (Å²) in [5, 5.41) is 0. The van der Waals surface area contributed by atoms with Crippen molar-refractivity contribution in [2.45, 2.75) is 62.8 Å². The fourth-order valence-corrected chi connectivity index (χ4v) is 2.91. The van der Waals surface area contributed by atoms with Gasteiger partial charge in [-0.3, -0.25) is 13.2 Å². The number of ether oxygens (including phenoxy) is 1. The van der Waals surface area contributed by atoms with Crippen molar-refractivity contribution in [3.8, 4) is 16.9 Å². The number of hydrogen-bond acceptors (Lipinski definition) is 2. The number of alkyl halides is 3. The molecular formula is C31H49F3O2. The molecule has 3 rings (SSSR count). The van der Waals surface area contributed by atoms with Gasteiger partial charge in [-0.15, -0.1) is 0 Å². The summed E-state index contributed by atoms with van der Waals surface area (Å²) in [7, 11) is 1.50.